The van der Waals surface area contributed by atoms with Crippen molar-refractivity contribution in [3.05, 3.63) is 0 Å². The van der Waals surface area contributed by atoms with Crippen molar-refractivity contribution in [3.63, 3.8) is 0 Å². The fourth-order valence-electron chi connectivity index (χ4n) is 0.491. The highest BCUT2D eigenvalue weighted by Crippen LogP contribution is 2.13. The second kappa shape index (κ2) is 8.43. The third-order valence-electron chi connectivity index (χ3n) is 1.77. The largest absolute Gasteiger partial charge is 0.356 e. The number of carbonyl (C=O) groups excluding carboxylic acids is 1. The number of azo groups is 2. The Bertz CT molecular complexity index is 538. The predicted molar refractivity (Wildman–Crippen MR) is 78.4 cm³/mol. The topological polar surface area (TPSA) is 164 Å². The lowest BCUT2D eigenvalue weighted by Gasteiger charge is -2.11. The van der Waals surface area contributed by atoms with Crippen molar-refractivity contribution < 1.29 is 4.79 Å². The molecule has 0 aliphatic rings. The quantitative estimate of drug-likeness (QED) is 0.792. The molecule has 9 nitrogen and oxygen atoms in total. The molecule has 0 aromatic rings. The number of hydrogen-bond donors (Lipinski definition) is 1. The van der Waals surface area contributed by atoms with Crippen LogP contribution in [0.25, 0.3) is 0 Å². The van der Waals surface area contributed by atoms with E-state index in [1.165, 1.54) is 13.8 Å². The Morgan fingerprint density at radius 1 is 0.773 bits per heavy atom. The van der Waals surface area contributed by atoms with Crippen LogP contribution < -0.4 is 5.73 Å². The maximum absolute atomic E-state index is 10.0. The van der Waals surface area contributed by atoms with Crippen LogP contribution in [0.4, 0.5) is 4.79 Å². The van der Waals surface area contributed by atoms with Crippen LogP contribution in [0.3, 0.4) is 0 Å². The summed E-state index contributed by atoms with van der Waals surface area (Å²) in [5.41, 5.74) is 2.00. The van der Waals surface area contributed by atoms with Crippen LogP contribution in [0, 0.1) is 34.0 Å². The number of nitrogens with two attached hydrogens (primary N) is 1. The number of carbonyl (C=O) groups is 1. The van der Waals surface area contributed by atoms with Gasteiger partial charge in [0.1, 0.15) is 0 Å². The van der Waals surface area contributed by atoms with Crippen molar-refractivity contribution >= 4 is 6.03 Å². The Kier molecular flexibility index (Phi) is 8.22. The van der Waals surface area contributed by atoms with Gasteiger partial charge in [0.25, 0.3) is 0 Å². The Morgan fingerprint density at radius 2 is 1.05 bits per heavy atom. The van der Waals surface area contributed by atoms with Crippen molar-refractivity contribution in [1.29, 1.82) is 15.8 Å². The van der Waals surface area contributed by atoms with Crippen LogP contribution in [0.2, 0.25) is 0 Å². The number of rotatable bonds is 3. The number of hydrogen-bond acceptors (Lipinski definition) is 7. The molecule has 9 heteroatoms. The summed E-state index contributed by atoms with van der Waals surface area (Å²) in [7, 11) is 0. The first kappa shape index (κ1) is 21.4. The molecular weight excluding hydrogens is 284 g/mol. The number of nitrogens with zero attached hydrogens (tertiary/aromatic N) is 7. The normalized spacial score (nSPS) is 12.0. The standard InChI is InChI=1S/C8H12N4.C5H8N4O/c1-7(2,5-9)11-12-8(3,4)6-10;1-5(2,3-6)9-8-4(7)10/h1-4H3;1-2H3,(H2,7,10). The second-order valence-electron chi connectivity index (χ2n) is 5.75. The molecule has 0 aromatic carbocycles. The SMILES string of the molecule is CC(C)(C#N)N=NC(C)(C)C#N.CC(C)(C#N)N=NC(N)=O. The van der Waals surface area contributed by atoms with E-state index >= 15 is 0 Å². The van der Waals surface area contributed by atoms with Gasteiger partial charge < -0.3 is 5.73 Å². The molecule has 2 amide bonds. The molecule has 0 unspecified atom stereocenters. The smallest absolute Gasteiger partial charge is 0.348 e. The predicted octanol–water partition coefficient (Wildman–Crippen LogP) is 2.86. The highest BCUT2D eigenvalue weighted by Gasteiger charge is 2.19. The molecule has 0 aliphatic heterocycles. The van der Waals surface area contributed by atoms with Crippen LogP contribution in [-0.4, -0.2) is 22.6 Å². The average Bonchev–Trinajstić information content (AvgIpc) is 2.44. The summed E-state index contributed by atoms with van der Waals surface area (Å²) in [4.78, 5) is 10.0. The van der Waals surface area contributed by atoms with Crippen LogP contribution in [0.5, 0.6) is 0 Å². The van der Waals surface area contributed by atoms with Crippen LogP contribution in [-0.2, 0) is 0 Å². The third kappa shape index (κ3) is 12.2. The molecule has 0 heterocycles. The first-order valence-corrected chi connectivity index (χ1v) is 6.21. The number of amides is 2. The molecule has 22 heavy (non-hydrogen) atoms. The van der Waals surface area contributed by atoms with Crippen molar-refractivity contribution in [1.82, 2.24) is 0 Å². The van der Waals surface area contributed by atoms with Gasteiger partial charge >= 0.3 is 6.03 Å². The highest BCUT2D eigenvalue weighted by molar-refractivity contribution is 5.71. The van der Waals surface area contributed by atoms with Crippen molar-refractivity contribution in [2.75, 3.05) is 0 Å². The lowest BCUT2D eigenvalue weighted by Crippen LogP contribution is -2.17. The molecule has 0 radical (unpaired) electrons. The molecule has 0 spiro atoms. The maximum atomic E-state index is 10.0. The first-order valence-electron chi connectivity index (χ1n) is 6.21. The summed E-state index contributed by atoms with van der Waals surface area (Å²) in [5.74, 6) is 0. The number of nitriles is 3. The summed E-state index contributed by atoms with van der Waals surface area (Å²) in [6.07, 6.45) is 0. The highest BCUT2D eigenvalue weighted by atomic mass is 16.2. The molecular formula is C13H20N8O. The van der Waals surface area contributed by atoms with Crippen molar-refractivity contribution in [2.24, 2.45) is 26.2 Å². The number of urea groups is 1. The lowest BCUT2D eigenvalue weighted by molar-refractivity contribution is 0.254. The minimum atomic E-state index is -0.963. The van der Waals surface area contributed by atoms with Crippen molar-refractivity contribution in [3.8, 4) is 18.2 Å². The van der Waals surface area contributed by atoms with E-state index in [-0.39, 0.29) is 0 Å². The Balaban J connectivity index is 0. The van der Waals surface area contributed by atoms with Crippen LogP contribution in [0.1, 0.15) is 41.5 Å². The summed E-state index contributed by atoms with van der Waals surface area (Å²) >= 11 is 0. The Labute approximate surface area is 130 Å². The molecule has 2 N–H and O–H groups in total. The van der Waals surface area contributed by atoms with Gasteiger partial charge in [-0.25, -0.2) is 4.79 Å². The fraction of sp³-hybridized carbons (Fsp3) is 0.692. The maximum Gasteiger partial charge on any atom is 0.356 e. The van der Waals surface area contributed by atoms with E-state index in [4.69, 9.17) is 15.8 Å². The first-order chi connectivity index (χ1) is 9.81. The van der Waals surface area contributed by atoms with Gasteiger partial charge in [0.15, 0.2) is 16.6 Å². The van der Waals surface area contributed by atoms with E-state index in [0.717, 1.165) is 0 Å². The van der Waals surface area contributed by atoms with Gasteiger partial charge in [-0.2, -0.15) is 31.1 Å². The summed E-state index contributed by atoms with van der Waals surface area (Å²) in [6, 6.07) is 4.88. The van der Waals surface area contributed by atoms with Crippen LogP contribution >= 0.6 is 0 Å². The molecule has 0 saturated carbocycles. The van der Waals surface area contributed by atoms with E-state index < -0.39 is 22.6 Å². The molecule has 0 aromatic heterocycles. The minimum Gasteiger partial charge on any atom is -0.348 e. The molecule has 0 atom stereocenters. The van der Waals surface area contributed by atoms with Gasteiger partial charge in [0.05, 0.1) is 18.2 Å². The zero-order valence-corrected chi connectivity index (χ0v) is 13.6. The Morgan fingerprint density at radius 3 is 1.27 bits per heavy atom. The second-order valence-corrected chi connectivity index (χ2v) is 5.75. The Hall–Kier alpha value is -2.86. The summed E-state index contributed by atoms with van der Waals surface area (Å²) < 4.78 is 0. The average molecular weight is 304 g/mol. The molecule has 0 aliphatic carbocycles. The van der Waals surface area contributed by atoms with Crippen LogP contribution in [0.15, 0.2) is 20.5 Å². The molecule has 0 rings (SSSR count). The summed E-state index contributed by atoms with van der Waals surface area (Å²) in [6.45, 7) is 9.63. The third-order valence-corrected chi connectivity index (χ3v) is 1.77. The van der Waals surface area contributed by atoms with Gasteiger partial charge in [0, 0.05) is 0 Å². The van der Waals surface area contributed by atoms with Gasteiger partial charge in [-0.3, -0.25) is 0 Å². The van der Waals surface area contributed by atoms with Gasteiger partial charge in [-0.05, 0) is 41.5 Å². The minimum absolute atomic E-state index is 0.839. The lowest BCUT2D eigenvalue weighted by atomic mass is 10.1. The summed E-state index contributed by atoms with van der Waals surface area (Å²) in [5, 5.41) is 39.4. The van der Waals surface area contributed by atoms with Gasteiger partial charge in [-0.15, -0.1) is 0 Å². The zero-order valence-electron chi connectivity index (χ0n) is 13.6. The van der Waals surface area contributed by atoms with E-state index in [1.54, 1.807) is 27.7 Å². The van der Waals surface area contributed by atoms with Crippen molar-refractivity contribution in [2.45, 2.75) is 58.2 Å². The fourth-order valence-corrected chi connectivity index (χ4v) is 0.491. The zero-order chi connectivity index (χ0) is 18.0. The molecule has 118 valence electrons. The monoisotopic (exact) mass is 304 g/mol. The number of primary amides is 1. The van der Waals surface area contributed by atoms with E-state index in [1.807, 2.05) is 18.2 Å². The van der Waals surface area contributed by atoms with Gasteiger partial charge in [-0.1, -0.05) is 5.11 Å². The van der Waals surface area contributed by atoms with E-state index in [0.29, 0.717) is 0 Å². The molecule has 0 saturated heterocycles. The molecule has 0 bridgehead atoms. The van der Waals surface area contributed by atoms with E-state index in [2.05, 4.69) is 26.2 Å². The molecule has 0 fully saturated rings. The van der Waals surface area contributed by atoms with E-state index in [9.17, 15) is 4.79 Å². The van der Waals surface area contributed by atoms with Gasteiger partial charge in [0.2, 0.25) is 0 Å².